The smallest absolute Gasteiger partial charge is 0.134 e. The van der Waals surface area contributed by atoms with E-state index >= 15 is 0 Å². The first kappa shape index (κ1) is 12.7. The molecule has 1 N–H and O–H groups in total. The van der Waals surface area contributed by atoms with Crippen molar-refractivity contribution in [3.63, 3.8) is 0 Å². The highest BCUT2D eigenvalue weighted by molar-refractivity contribution is 5.63. The number of hydrogen-bond donors (Lipinski definition) is 1. The van der Waals surface area contributed by atoms with Crippen LogP contribution in [0.2, 0.25) is 0 Å². The van der Waals surface area contributed by atoms with Crippen LogP contribution in [-0.4, -0.2) is 20.5 Å². The van der Waals surface area contributed by atoms with E-state index in [9.17, 15) is 13.9 Å². The van der Waals surface area contributed by atoms with E-state index < -0.39 is 17.2 Å². The Labute approximate surface area is 104 Å². The molecule has 0 bridgehead atoms. The number of nitrogens with zero attached hydrogens (tertiary/aromatic N) is 2. The number of benzene rings is 1. The van der Waals surface area contributed by atoms with Crippen molar-refractivity contribution in [3.05, 3.63) is 42.2 Å². The van der Waals surface area contributed by atoms with Gasteiger partial charge in [-0.2, -0.15) is 5.10 Å². The first-order chi connectivity index (χ1) is 8.37. The molecular weight excluding hydrogens is 238 g/mol. The molecule has 1 heterocycles. The lowest BCUT2D eigenvalue weighted by Gasteiger charge is -2.16. The highest BCUT2D eigenvalue weighted by Crippen LogP contribution is 2.25. The van der Waals surface area contributed by atoms with Crippen molar-refractivity contribution in [2.75, 3.05) is 0 Å². The maximum atomic E-state index is 13.5. The zero-order valence-corrected chi connectivity index (χ0v) is 10.1. The summed E-state index contributed by atoms with van der Waals surface area (Å²) in [7, 11) is 0. The SMILES string of the molecule is CC(C)(O)Cn1cc(-c2c(F)c[c]cc2F)cn1. The summed E-state index contributed by atoms with van der Waals surface area (Å²) in [6.45, 7) is 3.51. The number of aliphatic hydroxyl groups is 1. The number of rotatable bonds is 3. The Morgan fingerprint density at radius 2 is 1.94 bits per heavy atom. The second-order valence-electron chi connectivity index (χ2n) is 4.77. The van der Waals surface area contributed by atoms with Crippen molar-refractivity contribution < 1.29 is 13.9 Å². The van der Waals surface area contributed by atoms with E-state index in [0.717, 1.165) is 12.1 Å². The molecule has 0 unspecified atom stereocenters. The van der Waals surface area contributed by atoms with Gasteiger partial charge in [0.05, 0.1) is 23.9 Å². The van der Waals surface area contributed by atoms with E-state index in [1.165, 1.54) is 17.1 Å². The fraction of sp³-hybridized carbons (Fsp3) is 0.308. The highest BCUT2D eigenvalue weighted by atomic mass is 19.1. The molecule has 0 spiro atoms. The van der Waals surface area contributed by atoms with Gasteiger partial charge >= 0.3 is 0 Å². The molecule has 0 amide bonds. The third-order valence-electron chi connectivity index (χ3n) is 2.37. The summed E-state index contributed by atoms with van der Waals surface area (Å²) >= 11 is 0. The van der Waals surface area contributed by atoms with Crippen molar-refractivity contribution in [3.8, 4) is 11.1 Å². The summed E-state index contributed by atoms with van der Waals surface area (Å²) in [4.78, 5) is 0. The molecule has 0 aliphatic heterocycles. The van der Waals surface area contributed by atoms with Gasteiger partial charge in [-0.25, -0.2) is 8.78 Å². The molecule has 2 rings (SSSR count). The molecular formula is C13H13F2N2O. The predicted octanol–water partition coefficient (Wildman–Crippen LogP) is 2.40. The standard InChI is InChI=1S/C13H13F2N2O/c1-13(2,18)8-17-7-9(6-16-17)12-10(14)4-3-5-11(12)15/h4-7,18H,8H2,1-2H3. The Bertz CT molecular complexity index is 538. The minimum atomic E-state index is -0.940. The monoisotopic (exact) mass is 251 g/mol. The summed E-state index contributed by atoms with van der Waals surface area (Å²) < 4.78 is 28.5. The minimum absolute atomic E-state index is 0.129. The fourth-order valence-electron chi connectivity index (χ4n) is 1.70. The molecule has 0 aliphatic rings. The molecule has 0 atom stereocenters. The van der Waals surface area contributed by atoms with Crippen molar-refractivity contribution >= 4 is 0 Å². The Morgan fingerprint density at radius 3 is 2.50 bits per heavy atom. The summed E-state index contributed by atoms with van der Waals surface area (Å²) in [5.41, 5.74) is -0.732. The van der Waals surface area contributed by atoms with Crippen molar-refractivity contribution in [2.24, 2.45) is 0 Å². The molecule has 1 radical (unpaired) electrons. The third-order valence-corrected chi connectivity index (χ3v) is 2.37. The van der Waals surface area contributed by atoms with E-state index in [0.29, 0.717) is 5.56 Å². The minimum Gasteiger partial charge on any atom is -0.389 e. The van der Waals surface area contributed by atoms with Gasteiger partial charge in [-0.3, -0.25) is 4.68 Å². The summed E-state index contributed by atoms with van der Waals surface area (Å²) in [6.07, 6.45) is 2.87. The zero-order valence-electron chi connectivity index (χ0n) is 10.1. The fourth-order valence-corrected chi connectivity index (χ4v) is 1.70. The molecule has 5 heteroatoms. The lowest BCUT2D eigenvalue weighted by molar-refractivity contribution is 0.0577. The molecule has 95 valence electrons. The molecule has 2 aromatic rings. The van der Waals surface area contributed by atoms with Gasteiger partial charge in [0.15, 0.2) is 0 Å². The van der Waals surface area contributed by atoms with Crippen molar-refractivity contribution in [1.29, 1.82) is 0 Å². The van der Waals surface area contributed by atoms with E-state index in [1.807, 2.05) is 0 Å². The van der Waals surface area contributed by atoms with Crippen molar-refractivity contribution in [1.82, 2.24) is 9.78 Å². The Hall–Kier alpha value is -1.75. The van der Waals surface area contributed by atoms with E-state index in [1.54, 1.807) is 13.8 Å². The van der Waals surface area contributed by atoms with Crippen LogP contribution in [-0.2, 0) is 6.54 Å². The number of halogens is 2. The number of hydrogen-bond acceptors (Lipinski definition) is 2. The Morgan fingerprint density at radius 1 is 1.33 bits per heavy atom. The summed E-state index contributed by atoms with van der Waals surface area (Å²) in [6, 6.07) is 4.52. The van der Waals surface area contributed by atoms with Crippen LogP contribution in [0.25, 0.3) is 11.1 Å². The largest absolute Gasteiger partial charge is 0.389 e. The molecule has 1 aromatic carbocycles. The summed E-state index contributed by atoms with van der Waals surface area (Å²) in [5, 5.41) is 13.6. The molecule has 0 saturated carbocycles. The van der Waals surface area contributed by atoms with Gasteiger partial charge in [0.25, 0.3) is 0 Å². The topological polar surface area (TPSA) is 38.0 Å². The van der Waals surface area contributed by atoms with E-state index in [-0.39, 0.29) is 12.1 Å². The predicted molar refractivity (Wildman–Crippen MR) is 62.7 cm³/mol. The molecule has 1 aromatic heterocycles. The maximum Gasteiger partial charge on any atom is 0.134 e. The first-order valence-electron chi connectivity index (χ1n) is 5.47. The van der Waals surface area contributed by atoms with Crippen LogP contribution in [0.1, 0.15) is 13.8 Å². The normalized spacial score (nSPS) is 11.8. The van der Waals surface area contributed by atoms with E-state index in [4.69, 9.17) is 0 Å². The second kappa shape index (κ2) is 4.49. The van der Waals surface area contributed by atoms with Gasteiger partial charge in [0.2, 0.25) is 0 Å². The van der Waals surface area contributed by atoms with Gasteiger partial charge in [0.1, 0.15) is 11.6 Å². The van der Waals surface area contributed by atoms with Gasteiger partial charge in [-0.15, -0.1) is 0 Å². The molecule has 0 saturated heterocycles. The molecule has 0 aliphatic carbocycles. The highest BCUT2D eigenvalue weighted by Gasteiger charge is 2.16. The maximum absolute atomic E-state index is 13.5. The van der Waals surface area contributed by atoms with Gasteiger partial charge in [-0.05, 0) is 32.0 Å². The van der Waals surface area contributed by atoms with Crippen LogP contribution in [0.15, 0.2) is 24.5 Å². The van der Waals surface area contributed by atoms with Gasteiger partial charge in [0, 0.05) is 11.8 Å². The molecule has 0 fully saturated rings. The average molecular weight is 251 g/mol. The van der Waals surface area contributed by atoms with Gasteiger partial charge in [-0.1, -0.05) is 0 Å². The zero-order chi connectivity index (χ0) is 13.3. The van der Waals surface area contributed by atoms with Crippen LogP contribution >= 0.6 is 0 Å². The molecule has 18 heavy (non-hydrogen) atoms. The number of aromatic nitrogens is 2. The third kappa shape index (κ3) is 2.73. The van der Waals surface area contributed by atoms with Crippen LogP contribution in [0, 0.1) is 17.7 Å². The molecule has 3 nitrogen and oxygen atoms in total. The first-order valence-corrected chi connectivity index (χ1v) is 5.47. The van der Waals surface area contributed by atoms with Crippen LogP contribution in [0.4, 0.5) is 8.78 Å². The second-order valence-corrected chi connectivity index (χ2v) is 4.77. The van der Waals surface area contributed by atoms with Gasteiger partial charge < -0.3 is 5.11 Å². The van der Waals surface area contributed by atoms with Crippen LogP contribution < -0.4 is 0 Å². The van der Waals surface area contributed by atoms with Crippen LogP contribution in [0.3, 0.4) is 0 Å². The average Bonchev–Trinajstić information content (AvgIpc) is 2.63. The van der Waals surface area contributed by atoms with E-state index in [2.05, 4.69) is 11.2 Å². The Balaban J connectivity index is 2.36. The Kier molecular flexibility index (Phi) is 3.17. The van der Waals surface area contributed by atoms with Crippen LogP contribution in [0.5, 0.6) is 0 Å². The lowest BCUT2D eigenvalue weighted by atomic mass is 10.1. The quantitative estimate of drug-likeness (QED) is 0.909. The lowest BCUT2D eigenvalue weighted by Crippen LogP contribution is -2.26. The van der Waals surface area contributed by atoms with Crippen molar-refractivity contribution in [2.45, 2.75) is 26.0 Å². The summed E-state index contributed by atoms with van der Waals surface area (Å²) in [5.74, 6) is -1.37.